The summed E-state index contributed by atoms with van der Waals surface area (Å²) in [6.07, 6.45) is 0.579. The minimum Gasteiger partial charge on any atom is -0.472 e. The highest BCUT2D eigenvalue weighted by molar-refractivity contribution is 6.74. The molecule has 2 aromatic heterocycles. The molecule has 2 heterocycles. The van der Waals surface area contributed by atoms with Gasteiger partial charge in [0.2, 0.25) is 0 Å². The van der Waals surface area contributed by atoms with Gasteiger partial charge < -0.3 is 9.16 Å². The van der Waals surface area contributed by atoms with Crippen LogP contribution in [0.2, 0.25) is 18.1 Å². The van der Waals surface area contributed by atoms with Gasteiger partial charge in [0, 0.05) is 19.1 Å². The third-order valence-corrected chi connectivity index (χ3v) is 10.1. The molecule has 30 heavy (non-hydrogen) atoms. The first-order valence-corrected chi connectivity index (χ1v) is 12.8. The number of ether oxygens (including phenoxy) is 1. The van der Waals surface area contributed by atoms with E-state index in [4.69, 9.17) is 9.16 Å². The quantitative estimate of drug-likeness (QED) is 0.248. The Balaban J connectivity index is 2.17. The molecule has 2 aromatic rings. The summed E-state index contributed by atoms with van der Waals surface area (Å²) in [6, 6.07) is 1.28. The number of hydrogen-bond donors (Lipinski definition) is 0. The second-order valence-electron chi connectivity index (χ2n) is 8.88. The van der Waals surface area contributed by atoms with Crippen molar-refractivity contribution in [3.8, 4) is 11.6 Å². The van der Waals surface area contributed by atoms with Crippen LogP contribution in [0.5, 0.6) is 5.88 Å². The minimum absolute atomic E-state index is 0.0924. The van der Waals surface area contributed by atoms with E-state index in [0.717, 1.165) is 0 Å². The van der Waals surface area contributed by atoms with Crippen LogP contribution in [0.3, 0.4) is 0 Å². The lowest BCUT2D eigenvalue weighted by Crippen LogP contribution is -2.41. The number of aromatic nitrogens is 3. The Morgan fingerprint density at radius 3 is 2.40 bits per heavy atom. The van der Waals surface area contributed by atoms with Crippen LogP contribution in [0.1, 0.15) is 44.3 Å². The van der Waals surface area contributed by atoms with Crippen molar-refractivity contribution in [1.29, 1.82) is 0 Å². The maximum absolute atomic E-state index is 14.0. The second kappa shape index (κ2) is 8.81. The van der Waals surface area contributed by atoms with Gasteiger partial charge in [0.15, 0.2) is 8.32 Å². The lowest BCUT2D eigenvalue weighted by Gasteiger charge is -2.36. The van der Waals surface area contributed by atoms with E-state index in [1.165, 1.54) is 10.7 Å². The molecule has 0 unspecified atom stereocenters. The van der Waals surface area contributed by atoms with Crippen LogP contribution in [-0.2, 0) is 4.43 Å². The maximum Gasteiger partial charge on any atom is 0.353 e. The number of pyridine rings is 1. The molecule has 2 rings (SSSR count). The highest BCUT2D eigenvalue weighted by Gasteiger charge is 2.37. The molecule has 0 N–H and O–H groups in total. The smallest absolute Gasteiger partial charge is 0.353 e. The average Bonchev–Trinajstić information content (AvgIpc) is 2.93. The van der Waals surface area contributed by atoms with Crippen LogP contribution >= 0.6 is 0 Å². The van der Waals surface area contributed by atoms with Gasteiger partial charge in [0.05, 0.1) is 28.6 Å². The van der Waals surface area contributed by atoms with Crippen LogP contribution < -0.4 is 4.74 Å². The Kier molecular flexibility index (Phi) is 7.03. The SMILES string of the molecule is Cc1nc(C)c(-n2nc(OCCCO[Si](C)(C)C(C)(C)C)c([N+](=O)[O-])c2C)cc1F. The first-order chi connectivity index (χ1) is 13.8. The molecule has 0 fully saturated rings. The molecule has 10 heteroatoms. The van der Waals surface area contributed by atoms with Gasteiger partial charge in [-0.05, 0) is 38.9 Å². The van der Waals surface area contributed by atoms with Crippen molar-refractivity contribution in [1.82, 2.24) is 14.8 Å². The molecule has 0 aliphatic rings. The average molecular weight is 439 g/mol. The van der Waals surface area contributed by atoms with Crippen molar-refractivity contribution in [2.24, 2.45) is 0 Å². The van der Waals surface area contributed by atoms with Crippen LogP contribution in [-0.4, -0.2) is 41.2 Å². The van der Waals surface area contributed by atoms with Gasteiger partial charge in [-0.15, -0.1) is 5.10 Å². The van der Waals surface area contributed by atoms with E-state index in [0.29, 0.717) is 24.4 Å². The third-order valence-electron chi connectivity index (χ3n) is 5.58. The number of halogens is 1. The molecule has 0 saturated carbocycles. The van der Waals surface area contributed by atoms with E-state index in [9.17, 15) is 14.5 Å². The van der Waals surface area contributed by atoms with Gasteiger partial charge in [-0.25, -0.2) is 9.07 Å². The van der Waals surface area contributed by atoms with Gasteiger partial charge in [-0.2, -0.15) is 0 Å². The summed E-state index contributed by atoms with van der Waals surface area (Å²) in [7, 11) is -1.85. The summed E-state index contributed by atoms with van der Waals surface area (Å²) in [5.41, 5.74) is 1.13. The van der Waals surface area contributed by atoms with Crippen LogP contribution in [0.25, 0.3) is 5.69 Å². The van der Waals surface area contributed by atoms with Gasteiger partial charge in [-0.1, -0.05) is 20.8 Å². The highest BCUT2D eigenvalue weighted by atomic mass is 28.4. The fourth-order valence-electron chi connectivity index (χ4n) is 2.69. The van der Waals surface area contributed by atoms with E-state index in [2.05, 4.69) is 43.9 Å². The number of rotatable bonds is 8. The molecule has 8 nitrogen and oxygen atoms in total. The van der Waals surface area contributed by atoms with Gasteiger partial charge in [-0.3, -0.25) is 15.1 Å². The molecule has 0 amide bonds. The topological polar surface area (TPSA) is 92.3 Å². The van der Waals surface area contributed by atoms with Crippen molar-refractivity contribution in [2.75, 3.05) is 13.2 Å². The Hall–Kier alpha value is -2.33. The third kappa shape index (κ3) is 5.04. The lowest BCUT2D eigenvalue weighted by molar-refractivity contribution is -0.386. The van der Waals surface area contributed by atoms with E-state index < -0.39 is 19.1 Å². The van der Waals surface area contributed by atoms with Gasteiger partial charge in [0.1, 0.15) is 11.5 Å². The summed E-state index contributed by atoms with van der Waals surface area (Å²) >= 11 is 0. The van der Waals surface area contributed by atoms with Crippen molar-refractivity contribution in [3.05, 3.63) is 39.1 Å². The van der Waals surface area contributed by atoms with Crippen molar-refractivity contribution >= 4 is 14.0 Å². The Morgan fingerprint density at radius 2 is 1.83 bits per heavy atom. The molecule has 0 aromatic carbocycles. The molecule has 0 radical (unpaired) electrons. The molecule has 0 spiro atoms. The largest absolute Gasteiger partial charge is 0.472 e. The van der Waals surface area contributed by atoms with E-state index in [1.54, 1.807) is 20.8 Å². The Bertz CT molecular complexity index is 938. The van der Waals surface area contributed by atoms with Crippen molar-refractivity contribution in [3.63, 3.8) is 0 Å². The van der Waals surface area contributed by atoms with Gasteiger partial charge in [0.25, 0.3) is 0 Å². The molecule has 166 valence electrons. The zero-order valence-electron chi connectivity index (χ0n) is 19.0. The number of nitro groups is 1. The summed E-state index contributed by atoms with van der Waals surface area (Å²) in [5, 5.41) is 15.9. The fraction of sp³-hybridized carbons (Fsp3) is 0.600. The molecule has 0 aliphatic carbocycles. The van der Waals surface area contributed by atoms with Crippen LogP contribution in [0.4, 0.5) is 10.1 Å². The van der Waals surface area contributed by atoms with E-state index in [-0.39, 0.29) is 34.6 Å². The highest BCUT2D eigenvalue weighted by Crippen LogP contribution is 2.36. The van der Waals surface area contributed by atoms with Crippen LogP contribution in [0, 0.1) is 36.7 Å². The van der Waals surface area contributed by atoms with Crippen LogP contribution in [0.15, 0.2) is 6.07 Å². The Labute approximate surface area is 177 Å². The molecule has 0 bridgehead atoms. The van der Waals surface area contributed by atoms with E-state index in [1.807, 2.05) is 0 Å². The van der Waals surface area contributed by atoms with Crippen molar-refractivity contribution in [2.45, 2.75) is 66.1 Å². The zero-order valence-corrected chi connectivity index (χ0v) is 20.0. The summed E-state index contributed by atoms with van der Waals surface area (Å²) in [4.78, 5) is 15.2. The number of aryl methyl sites for hydroxylation is 2. The molecule has 0 saturated heterocycles. The summed E-state index contributed by atoms with van der Waals surface area (Å²) < 4.78 is 27.1. The molecule has 0 aliphatic heterocycles. The molecule has 0 atom stereocenters. The summed E-state index contributed by atoms with van der Waals surface area (Å²) in [6.45, 7) is 16.4. The second-order valence-corrected chi connectivity index (χ2v) is 13.7. The fourth-order valence-corrected chi connectivity index (χ4v) is 3.78. The maximum atomic E-state index is 14.0. The predicted octanol–water partition coefficient (Wildman–Crippen LogP) is 5.03. The minimum atomic E-state index is -1.85. The lowest BCUT2D eigenvalue weighted by atomic mass is 10.2. The number of hydrogen-bond acceptors (Lipinski definition) is 6. The Morgan fingerprint density at radius 1 is 1.20 bits per heavy atom. The summed E-state index contributed by atoms with van der Waals surface area (Å²) in [5.74, 6) is -0.594. The monoisotopic (exact) mass is 438 g/mol. The van der Waals surface area contributed by atoms with E-state index >= 15 is 0 Å². The number of nitrogens with zero attached hydrogens (tertiary/aromatic N) is 4. The zero-order chi connectivity index (χ0) is 22.9. The standard InChI is InChI=1S/C20H31FN4O4Si/c1-13-16(21)12-17(14(2)22-13)24-15(3)18(25(26)27)19(23-24)28-10-9-11-29-30(7,8)20(4,5)6/h12H,9-11H2,1-8H3. The molecular formula is C20H31FN4O4Si. The first kappa shape index (κ1) is 23.9. The molecular weight excluding hydrogens is 407 g/mol. The predicted molar refractivity (Wildman–Crippen MR) is 115 cm³/mol. The van der Waals surface area contributed by atoms with Crippen molar-refractivity contribution < 1.29 is 18.5 Å². The normalized spacial score (nSPS) is 12.3. The van der Waals surface area contributed by atoms with Gasteiger partial charge >= 0.3 is 11.6 Å². The first-order valence-electron chi connectivity index (χ1n) is 9.91.